The molecule has 0 saturated heterocycles. The van der Waals surface area contributed by atoms with Gasteiger partial charge in [0.05, 0.1) is 20.4 Å². The van der Waals surface area contributed by atoms with Crippen molar-refractivity contribution in [2.45, 2.75) is 19.3 Å². The number of Topliss-reactive ketones (excluding diaryl/α,β-unsaturated/α-hetero) is 1. The molecule has 0 aromatic carbocycles. The van der Waals surface area contributed by atoms with E-state index in [1.54, 1.807) is 0 Å². The standard InChI is InChI=1S/C15H23O8P/c1-20-13(17)15(14(18)21-2)7-9(8-24(19,22-3)23-4)12-10(15)5-6-11(12)16/h9-10,12H,5-8H2,1-4H3/t9?,10-,12-/m0/s1. The first-order valence-corrected chi connectivity index (χ1v) is 9.42. The molecule has 9 heteroatoms. The van der Waals surface area contributed by atoms with Gasteiger partial charge in [0, 0.05) is 26.6 Å². The van der Waals surface area contributed by atoms with Gasteiger partial charge in [0.1, 0.15) is 5.78 Å². The van der Waals surface area contributed by atoms with Gasteiger partial charge in [-0.2, -0.15) is 0 Å². The van der Waals surface area contributed by atoms with Crippen LogP contribution in [0.25, 0.3) is 0 Å². The Morgan fingerprint density at radius 1 is 1.12 bits per heavy atom. The molecule has 0 aliphatic heterocycles. The predicted molar refractivity (Wildman–Crippen MR) is 82.3 cm³/mol. The largest absolute Gasteiger partial charge is 0.468 e. The van der Waals surface area contributed by atoms with Crippen molar-refractivity contribution in [1.29, 1.82) is 0 Å². The second-order valence-corrected chi connectivity index (χ2v) is 8.53. The number of methoxy groups -OCH3 is 2. The molecule has 3 atom stereocenters. The summed E-state index contributed by atoms with van der Waals surface area (Å²) in [5, 5.41) is 0. The number of carbonyl (C=O) groups excluding carboxylic acids is 3. The van der Waals surface area contributed by atoms with E-state index in [0.717, 1.165) is 0 Å². The monoisotopic (exact) mass is 362 g/mol. The summed E-state index contributed by atoms with van der Waals surface area (Å²) in [6, 6.07) is 0. The highest BCUT2D eigenvalue weighted by Crippen LogP contribution is 2.61. The van der Waals surface area contributed by atoms with Gasteiger partial charge in [0.2, 0.25) is 0 Å². The van der Waals surface area contributed by atoms with Gasteiger partial charge in [0.15, 0.2) is 5.41 Å². The van der Waals surface area contributed by atoms with Crippen molar-refractivity contribution < 1.29 is 37.5 Å². The van der Waals surface area contributed by atoms with Gasteiger partial charge < -0.3 is 18.5 Å². The lowest BCUT2D eigenvalue weighted by Gasteiger charge is -2.28. The Kier molecular flexibility index (Phi) is 5.52. The molecule has 0 bridgehead atoms. The first-order valence-electron chi connectivity index (χ1n) is 7.69. The summed E-state index contributed by atoms with van der Waals surface area (Å²) in [4.78, 5) is 37.3. The molecule has 0 aromatic heterocycles. The smallest absolute Gasteiger partial charge is 0.330 e. The molecule has 2 aliphatic carbocycles. The predicted octanol–water partition coefficient (Wildman–Crippen LogP) is 1.42. The van der Waals surface area contributed by atoms with Crippen molar-refractivity contribution in [3.8, 4) is 0 Å². The van der Waals surface area contributed by atoms with Gasteiger partial charge in [0.25, 0.3) is 0 Å². The van der Waals surface area contributed by atoms with Gasteiger partial charge in [-0.1, -0.05) is 0 Å². The zero-order valence-electron chi connectivity index (χ0n) is 14.3. The van der Waals surface area contributed by atoms with Crippen LogP contribution in [0.15, 0.2) is 0 Å². The normalized spacial score (nSPS) is 28.5. The molecule has 0 spiro atoms. The molecule has 0 heterocycles. The van der Waals surface area contributed by atoms with E-state index in [9.17, 15) is 18.9 Å². The van der Waals surface area contributed by atoms with Crippen molar-refractivity contribution in [3.05, 3.63) is 0 Å². The van der Waals surface area contributed by atoms with Crippen molar-refractivity contribution in [2.24, 2.45) is 23.2 Å². The average Bonchev–Trinajstić information content (AvgIpc) is 3.13. The Balaban J connectivity index is 2.46. The summed E-state index contributed by atoms with van der Waals surface area (Å²) in [6.07, 6.45) is 0.660. The second kappa shape index (κ2) is 6.94. The van der Waals surface area contributed by atoms with E-state index in [-0.39, 0.29) is 24.8 Å². The molecule has 8 nitrogen and oxygen atoms in total. The molecule has 2 rings (SSSR count). The van der Waals surface area contributed by atoms with Crippen molar-refractivity contribution >= 4 is 25.3 Å². The van der Waals surface area contributed by atoms with Crippen LogP contribution in [0.4, 0.5) is 0 Å². The van der Waals surface area contributed by atoms with E-state index in [1.807, 2.05) is 0 Å². The summed E-state index contributed by atoms with van der Waals surface area (Å²) >= 11 is 0. The molecule has 0 aromatic rings. The molecule has 2 fully saturated rings. The summed E-state index contributed by atoms with van der Waals surface area (Å²) in [6.45, 7) is 0. The first-order chi connectivity index (χ1) is 11.3. The van der Waals surface area contributed by atoms with Crippen LogP contribution in [0.5, 0.6) is 0 Å². The van der Waals surface area contributed by atoms with Crippen molar-refractivity contribution in [1.82, 2.24) is 0 Å². The third-order valence-corrected chi connectivity index (χ3v) is 7.37. The van der Waals surface area contributed by atoms with Crippen LogP contribution < -0.4 is 0 Å². The van der Waals surface area contributed by atoms with E-state index in [4.69, 9.17) is 18.5 Å². The lowest BCUT2D eigenvalue weighted by atomic mass is 9.76. The highest BCUT2D eigenvalue weighted by atomic mass is 31.2. The lowest BCUT2D eigenvalue weighted by molar-refractivity contribution is -0.172. The van der Waals surface area contributed by atoms with Gasteiger partial charge in [-0.25, -0.2) is 0 Å². The fraction of sp³-hybridized carbons (Fsp3) is 0.800. The summed E-state index contributed by atoms with van der Waals surface area (Å²) in [7, 11) is 1.53. The molecule has 2 aliphatic rings. The fourth-order valence-corrected chi connectivity index (χ4v) is 5.69. The van der Waals surface area contributed by atoms with Gasteiger partial charge in [-0.3, -0.25) is 18.9 Å². The van der Waals surface area contributed by atoms with E-state index < -0.39 is 42.7 Å². The Morgan fingerprint density at radius 2 is 1.67 bits per heavy atom. The SMILES string of the molecule is COC(=O)C1(C(=O)OC)CC(CP(=O)(OC)OC)[C@@H]2C(=O)CC[C@@H]21. The topological polar surface area (TPSA) is 105 Å². The maximum Gasteiger partial charge on any atom is 0.330 e. The van der Waals surface area contributed by atoms with Gasteiger partial charge in [-0.05, 0) is 24.7 Å². The third kappa shape index (κ3) is 2.80. The molecule has 24 heavy (non-hydrogen) atoms. The molecular formula is C15H23O8P. The molecule has 0 amide bonds. The van der Waals surface area contributed by atoms with E-state index in [2.05, 4.69) is 0 Å². The van der Waals surface area contributed by atoms with Crippen LogP contribution in [-0.4, -0.2) is 52.3 Å². The Bertz CT molecular complexity index is 562. The first kappa shape index (κ1) is 19.1. The van der Waals surface area contributed by atoms with Crippen molar-refractivity contribution in [3.63, 3.8) is 0 Å². The van der Waals surface area contributed by atoms with E-state index in [0.29, 0.717) is 6.42 Å². The second-order valence-electron chi connectivity index (χ2n) is 6.21. The van der Waals surface area contributed by atoms with E-state index >= 15 is 0 Å². The highest BCUT2D eigenvalue weighted by Gasteiger charge is 2.67. The number of ether oxygens (including phenoxy) is 2. The van der Waals surface area contributed by atoms with Crippen LogP contribution in [-0.2, 0) is 37.5 Å². The van der Waals surface area contributed by atoms with Crippen LogP contribution >= 0.6 is 7.60 Å². The quantitative estimate of drug-likeness (QED) is 0.397. The Hall–Kier alpha value is -1.24. The van der Waals surface area contributed by atoms with Crippen LogP contribution in [0, 0.1) is 23.2 Å². The van der Waals surface area contributed by atoms with Gasteiger partial charge >= 0.3 is 19.5 Å². The van der Waals surface area contributed by atoms with Crippen LogP contribution in [0.3, 0.4) is 0 Å². The summed E-state index contributed by atoms with van der Waals surface area (Å²) < 4.78 is 32.1. The van der Waals surface area contributed by atoms with Gasteiger partial charge in [-0.15, -0.1) is 0 Å². The number of carbonyl (C=O) groups is 3. The third-order valence-electron chi connectivity index (χ3n) is 5.35. The lowest BCUT2D eigenvalue weighted by Crippen LogP contribution is -2.44. The molecule has 2 saturated carbocycles. The van der Waals surface area contributed by atoms with Crippen LogP contribution in [0.2, 0.25) is 0 Å². The molecule has 0 radical (unpaired) electrons. The fourth-order valence-electron chi connectivity index (χ4n) is 4.31. The molecular weight excluding hydrogens is 339 g/mol. The number of esters is 2. The Labute approximate surface area is 140 Å². The van der Waals surface area contributed by atoms with Crippen molar-refractivity contribution in [2.75, 3.05) is 34.6 Å². The number of hydrogen-bond donors (Lipinski definition) is 0. The number of fused-ring (bicyclic) bond motifs is 1. The Morgan fingerprint density at radius 3 is 2.12 bits per heavy atom. The number of rotatable bonds is 6. The zero-order chi connectivity index (χ0) is 18.1. The average molecular weight is 362 g/mol. The molecule has 0 N–H and O–H groups in total. The maximum absolute atomic E-state index is 12.5. The molecule has 136 valence electrons. The maximum atomic E-state index is 12.5. The number of hydrogen-bond acceptors (Lipinski definition) is 8. The molecule has 1 unspecified atom stereocenters. The van der Waals surface area contributed by atoms with Crippen LogP contribution in [0.1, 0.15) is 19.3 Å². The minimum atomic E-state index is -3.40. The highest BCUT2D eigenvalue weighted by molar-refractivity contribution is 7.53. The number of ketones is 1. The van der Waals surface area contributed by atoms with E-state index in [1.165, 1.54) is 28.4 Å². The zero-order valence-corrected chi connectivity index (χ0v) is 15.2. The summed E-state index contributed by atoms with van der Waals surface area (Å²) in [5.74, 6) is -3.02. The summed E-state index contributed by atoms with van der Waals surface area (Å²) in [5.41, 5.74) is -1.54. The minimum Gasteiger partial charge on any atom is -0.468 e. The minimum absolute atomic E-state index is 0.0319.